The first-order valence-corrected chi connectivity index (χ1v) is 8.25. The Morgan fingerprint density at radius 1 is 1.24 bits per heavy atom. The molecule has 1 aromatic carbocycles. The predicted molar refractivity (Wildman–Crippen MR) is 88.6 cm³/mol. The second-order valence-electron chi connectivity index (χ2n) is 7.08. The number of nitrogens with two attached hydrogens (primary N) is 1. The van der Waals surface area contributed by atoms with Crippen LogP contribution in [0.5, 0.6) is 0 Å². The van der Waals surface area contributed by atoms with E-state index in [1.54, 1.807) is 0 Å². The monoisotopic (exact) mass is 285 g/mol. The Kier molecular flexibility index (Phi) is 3.78. The molecule has 0 unspecified atom stereocenters. The molecule has 0 bridgehead atoms. The Labute approximate surface area is 127 Å². The molecule has 0 amide bonds. The number of hydrogen-bond acceptors (Lipinski definition) is 2. The summed E-state index contributed by atoms with van der Waals surface area (Å²) in [6.45, 7) is 6.59. The Bertz CT molecular complexity index is 633. The van der Waals surface area contributed by atoms with Crippen molar-refractivity contribution in [2.45, 2.75) is 70.9 Å². The van der Waals surface area contributed by atoms with Crippen molar-refractivity contribution in [2.24, 2.45) is 5.73 Å². The van der Waals surface area contributed by atoms with Gasteiger partial charge < -0.3 is 10.3 Å². The first kappa shape index (κ1) is 14.6. The SMILES string of the molecule is Cc1ccc2c(c1)nc(CC1(N)CCCCC1)n2C(C)C. The van der Waals surface area contributed by atoms with Crippen molar-refractivity contribution in [2.75, 3.05) is 0 Å². The van der Waals surface area contributed by atoms with Gasteiger partial charge in [-0.15, -0.1) is 0 Å². The number of benzene rings is 1. The van der Waals surface area contributed by atoms with Crippen molar-refractivity contribution in [1.82, 2.24) is 9.55 Å². The van der Waals surface area contributed by atoms with E-state index in [2.05, 4.69) is 43.5 Å². The van der Waals surface area contributed by atoms with Crippen molar-refractivity contribution >= 4 is 11.0 Å². The Hall–Kier alpha value is -1.35. The van der Waals surface area contributed by atoms with Crippen LogP contribution in [0, 0.1) is 6.92 Å². The maximum atomic E-state index is 6.66. The van der Waals surface area contributed by atoms with Crippen LogP contribution in [0.3, 0.4) is 0 Å². The number of aryl methyl sites for hydroxylation is 1. The van der Waals surface area contributed by atoms with E-state index in [1.807, 2.05) is 0 Å². The lowest BCUT2D eigenvalue weighted by Gasteiger charge is -2.33. The van der Waals surface area contributed by atoms with Crippen molar-refractivity contribution in [3.05, 3.63) is 29.6 Å². The molecule has 0 spiro atoms. The van der Waals surface area contributed by atoms with Crippen LogP contribution in [0.25, 0.3) is 11.0 Å². The summed E-state index contributed by atoms with van der Waals surface area (Å²) < 4.78 is 2.37. The lowest BCUT2D eigenvalue weighted by Crippen LogP contribution is -2.44. The van der Waals surface area contributed by atoms with Crippen LogP contribution < -0.4 is 5.73 Å². The van der Waals surface area contributed by atoms with Crippen LogP contribution in [0.2, 0.25) is 0 Å². The smallest absolute Gasteiger partial charge is 0.111 e. The van der Waals surface area contributed by atoms with E-state index in [1.165, 1.54) is 30.3 Å². The summed E-state index contributed by atoms with van der Waals surface area (Å²) in [5.74, 6) is 1.16. The van der Waals surface area contributed by atoms with Crippen molar-refractivity contribution in [3.63, 3.8) is 0 Å². The molecule has 21 heavy (non-hydrogen) atoms. The molecule has 2 aromatic rings. The Morgan fingerprint density at radius 3 is 2.62 bits per heavy atom. The summed E-state index contributed by atoms with van der Waals surface area (Å²) >= 11 is 0. The van der Waals surface area contributed by atoms with E-state index in [0.29, 0.717) is 6.04 Å². The molecule has 1 saturated carbocycles. The summed E-state index contributed by atoms with van der Waals surface area (Å²) in [4.78, 5) is 4.92. The number of imidazole rings is 1. The average Bonchev–Trinajstić information content (AvgIpc) is 2.75. The van der Waals surface area contributed by atoms with Gasteiger partial charge in [0, 0.05) is 18.0 Å². The zero-order chi connectivity index (χ0) is 15.0. The fourth-order valence-corrected chi connectivity index (χ4v) is 3.71. The van der Waals surface area contributed by atoms with E-state index in [-0.39, 0.29) is 5.54 Å². The summed E-state index contributed by atoms with van der Waals surface area (Å²) in [5, 5.41) is 0. The molecule has 1 heterocycles. The largest absolute Gasteiger partial charge is 0.325 e. The highest BCUT2D eigenvalue weighted by Crippen LogP contribution is 2.31. The molecule has 1 aliphatic carbocycles. The van der Waals surface area contributed by atoms with E-state index in [4.69, 9.17) is 10.7 Å². The van der Waals surface area contributed by atoms with Gasteiger partial charge in [0.1, 0.15) is 5.82 Å². The van der Waals surface area contributed by atoms with Gasteiger partial charge in [-0.25, -0.2) is 4.98 Å². The molecule has 2 N–H and O–H groups in total. The van der Waals surface area contributed by atoms with Crippen LogP contribution in [0.4, 0.5) is 0 Å². The predicted octanol–water partition coefficient (Wildman–Crippen LogP) is 4.13. The minimum absolute atomic E-state index is 0.0543. The van der Waals surface area contributed by atoms with Gasteiger partial charge in [0.2, 0.25) is 0 Å². The minimum atomic E-state index is -0.0543. The highest BCUT2D eigenvalue weighted by molar-refractivity contribution is 5.77. The molecule has 1 aliphatic rings. The van der Waals surface area contributed by atoms with Gasteiger partial charge in [-0.3, -0.25) is 0 Å². The molecule has 0 aliphatic heterocycles. The molecular weight excluding hydrogens is 258 g/mol. The number of nitrogens with zero attached hydrogens (tertiary/aromatic N) is 2. The first-order valence-electron chi connectivity index (χ1n) is 8.25. The average molecular weight is 285 g/mol. The van der Waals surface area contributed by atoms with Gasteiger partial charge in [0.15, 0.2) is 0 Å². The summed E-state index contributed by atoms with van der Waals surface area (Å²) in [5.41, 5.74) is 10.2. The number of hydrogen-bond donors (Lipinski definition) is 1. The van der Waals surface area contributed by atoms with E-state index >= 15 is 0 Å². The second-order valence-corrected chi connectivity index (χ2v) is 7.08. The van der Waals surface area contributed by atoms with Crippen molar-refractivity contribution in [1.29, 1.82) is 0 Å². The molecule has 3 rings (SSSR count). The van der Waals surface area contributed by atoms with Gasteiger partial charge in [0.25, 0.3) is 0 Å². The van der Waals surface area contributed by atoms with Crippen LogP contribution in [0.15, 0.2) is 18.2 Å². The maximum Gasteiger partial charge on any atom is 0.111 e. The lowest BCUT2D eigenvalue weighted by molar-refractivity contribution is 0.286. The summed E-state index contributed by atoms with van der Waals surface area (Å²) in [6, 6.07) is 6.97. The standard InChI is InChI=1S/C18H27N3/c1-13(2)21-16-8-7-14(3)11-15(16)20-17(21)12-18(19)9-5-4-6-10-18/h7-8,11,13H,4-6,9-10,12,19H2,1-3H3. The molecule has 1 fully saturated rings. The minimum Gasteiger partial charge on any atom is -0.325 e. The third-order valence-electron chi connectivity index (χ3n) is 4.79. The van der Waals surface area contributed by atoms with E-state index in [9.17, 15) is 0 Å². The highest BCUT2D eigenvalue weighted by Gasteiger charge is 2.30. The fraction of sp³-hybridized carbons (Fsp3) is 0.611. The summed E-state index contributed by atoms with van der Waals surface area (Å²) in [7, 11) is 0. The van der Waals surface area contributed by atoms with Gasteiger partial charge in [0.05, 0.1) is 11.0 Å². The van der Waals surface area contributed by atoms with E-state index in [0.717, 1.165) is 30.6 Å². The van der Waals surface area contributed by atoms with Gasteiger partial charge in [-0.2, -0.15) is 0 Å². The van der Waals surface area contributed by atoms with Gasteiger partial charge >= 0.3 is 0 Å². The fourth-order valence-electron chi connectivity index (χ4n) is 3.71. The molecular formula is C18H27N3. The number of fused-ring (bicyclic) bond motifs is 1. The van der Waals surface area contributed by atoms with Crippen molar-refractivity contribution < 1.29 is 0 Å². The molecule has 0 atom stereocenters. The Morgan fingerprint density at radius 2 is 1.95 bits per heavy atom. The third-order valence-corrected chi connectivity index (χ3v) is 4.79. The zero-order valence-corrected chi connectivity index (χ0v) is 13.5. The molecule has 3 nitrogen and oxygen atoms in total. The molecule has 3 heteroatoms. The second kappa shape index (κ2) is 5.45. The highest BCUT2D eigenvalue weighted by atomic mass is 15.1. The van der Waals surface area contributed by atoms with Crippen LogP contribution in [0.1, 0.15) is 63.4 Å². The van der Waals surface area contributed by atoms with Gasteiger partial charge in [-0.1, -0.05) is 25.3 Å². The topological polar surface area (TPSA) is 43.8 Å². The quantitative estimate of drug-likeness (QED) is 0.921. The normalized spacial score (nSPS) is 18.5. The van der Waals surface area contributed by atoms with Crippen LogP contribution in [-0.2, 0) is 6.42 Å². The molecule has 0 radical (unpaired) electrons. The van der Waals surface area contributed by atoms with Crippen LogP contribution >= 0.6 is 0 Å². The van der Waals surface area contributed by atoms with Crippen LogP contribution in [-0.4, -0.2) is 15.1 Å². The van der Waals surface area contributed by atoms with Crippen molar-refractivity contribution in [3.8, 4) is 0 Å². The molecule has 0 saturated heterocycles. The molecule has 114 valence electrons. The zero-order valence-electron chi connectivity index (χ0n) is 13.5. The maximum absolute atomic E-state index is 6.66. The van der Waals surface area contributed by atoms with E-state index < -0.39 is 0 Å². The number of rotatable bonds is 3. The van der Waals surface area contributed by atoms with Gasteiger partial charge in [-0.05, 0) is 51.3 Å². The number of aromatic nitrogens is 2. The molecule has 1 aromatic heterocycles. The first-order chi connectivity index (χ1) is 9.98. The Balaban J connectivity index is 2.02. The lowest BCUT2D eigenvalue weighted by atomic mass is 9.80. The summed E-state index contributed by atoms with van der Waals surface area (Å²) in [6.07, 6.45) is 7.02. The third kappa shape index (κ3) is 2.84.